The van der Waals surface area contributed by atoms with Crippen molar-refractivity contribution in [3.8, 4) is 68.7 Å². The van der Waals surface area contributed by atoms with E-state index in [0.717, 1.165) is 111 Å². The number of ether oxygens (including phenoxy) is 6. The van der Waals surface area contributed by atoms with Crippen LogP contribution in [-0.4, -0.2) is 83.4 Å². The van der Waals surface area contributed by atoms with E-state index in [9.17, 15) is 0 Å². The number of aromatic nitrogens is 9. The lowest BCUT2D eigenvalue weighted by atomic mass is 10.1. The first-order valence-electron chi connectivity index (χ1n) is 41.1. The molecule has 7 aromatic rings. The fourth-order valence-electron chi connectivity index (χ4n) is 13.6. The molecular formula is C84H135N9O6. The summed E-state index contributed by atoms with van der Waals surface area (Å²) in [5.41, 5.74) is 2.23. The van der Waals surface area contributed by atoms with Crippen molar-refractivity contribution in [1.82, 2.24) is 43.8 Å². The molecule has 0 saturated heterocycles. The van der Waals surface area contributed by atoms with Crippen molar-refractivity contribution < 1.29 is 28.4 Å². The van der Waals surface area contributed by atoms with Gasteiger partial charge in [-0.2, -0.15) is 0 Å². The summed E-state index contributed by atoms with van der Waals surface area (Å²) in [7, 11) is 0. The minimum atomic E-state index is 0.457. The molecule has 0 spiro atoms. The van der Waals surface area contributed by atoms with Gasteiger partial charge in [-0.05, 0) is 93.1 Å². The van der Waals surface area contributed by atoms with Crippen LogP contribution in [0.25, 0.3) is 51.5 Å². The van der Waals surface area contributed by atoms with Crippen LogP contribution in [0.4, 0.5) is 0 Å². The highest BCUT2D eigenvalue weighted by Gasteiger charge is 2.29. The Morgan fingerprint density at radius 3 is 0.596 bits per heavy atom. The van der Waals surface area contributed by atoms with E-state index in [-0.39, 0.29) is 0 Å². The summed E-state index contributed by atoms with van der Waals surface area (Å²) in [6.45, 7) is 17.2. The van der Waals surface area contributed by atoms with Crippen molar-refractivity contribution in [2.75, 3.05) is 39.6 Å². The Balaban J connectivity index is 1.34. The van der Waals surface area contributed by atoms with E-state index in [4.69, 9.17) is 59.0 Å². The van der Waals surface area contributed by atoms with E-state index in [1.165, 1.54) is 231 Å². The number of rotatable bonds is 63. The Hall–Kier alpha value is -6.12. The lowest BCUT2D eigenvalue weighted by Crippen LogP contribution is -2.09. The largest absolute Gasteiger partial charge is 0.494 e. The van der Waals surface area contributed by atoms with Crippen molar-refractivity contribution in [3.05, 3.63) is 54.6 Å². The fourth-order valence-corrected chi connectivity index (χ4v) is 13.6. The number of benzene rings is 3. The van der Waals surface area contributed by atoms with E-state index in [0.29, 0.717) is 91.7 Å². The molecule has 7 rings (SSSR count). The summed E-state index contributed by atoms with van der Waals surface area (Å²) in [5, 5.41) is 30.8. The predicted octanol–water partition coefficient (Wildman–Crippen LogP) is 24.9. The van der Waals surface area contributed by atoms with Crippen LogP contribution in [0.2, 0.25) is 0 Å². The van der Waals surface area contributed by atoms with Crippen LogP contribution < -0.4 is 28.4 Å². The van der Waals surface area contributed by atoms with Crippen molar-refractivity contribution >= 4 is 17.3 Å². The second-order valence-corrected chi connectivity index (χ2v) is 28.4. The third kappa shape index (κ3) is 28.3. The van der Waals surface area contributed by atoms with Crippen LogP contribution >= 0.6 is 0 Å². The number of fused-ring (bicyclic) bond motifs is 6. The van der Waals surface area contributed by atoms with E-state index >= 15 is 0 Å². The second-order valence-electron chi connectivity index (χ2n) is 28.4. The second kappa shape index (κ2) is 50.3. The standard InChI is InChI=1S/C84H135N9O6/c1-7-13-19-25-31-37-43-49-61-94-70-55-58-76(97-64-52-46-40-34-28-22-16-10-4)73(67-70)79-85-88-82-91(79)83-89-86-80(74-68-71(95-62-50-44-38-32-26-20-14-8-2)56-59-77(74)98-65-53-47-41-35-29-23-17-11-5)93(83)84-90-87-81(92(82)84)75-69-72(96-63-51-45-39-33-27-21-15-9-3)57-60-78(75)99-66-54-48-42-36-30-24-18-12-6/h55-60,67-69H,7-54,61-66H2,1-6H3. The first-order valence-corrected chi connectivity index (χ1v) is 41.1. The molecule has 0 fully saturated rings. The maximum Gasteiger partial charge on any atom is 0.247 e. The van der Waals surface area contributed by atoms with Gasteiger partial charge in [0, 0.05) is 0 Å². The molecule has 0 bridgehead atoms. The average molecular weight is 1370 g/mol. The lowest BCUT2D eigenvalue weighted by Gasteiger charge is -2.15. The van der Waals surface area contributed by atoms with Crippen LogP contribution in [0.1, 0.15) is 350 Å². The molecule has 0 aliphatic heterocycles. The third-order valence-electron chi connectivity index (χ3n) is 19.7. The van der Waals surface area contributed by atoms with Gasteiger partial charge in [0.05, 0.1) is 56.3 Å². The van der Waals surface area contributed by atoms with E-state index < -0.39 is 0 Å². The minimum absolute atomic E-state index is 0.457. The molecule has 99 heavy (non-hydrogen) atoms. The molecule has 0 saturated carbocycles. The zero-order valence-electron chi connectivity index (χ0n) is 63.4. The van der Waals surface area contributed by atoms with Crippen molar-refractivity contribution in [3.63, 3.8) is 0 Å². The van der Waals surface area contributed by atoms with Crippen LogP contribution in [-0.2, 0) is 0 Å². The first-order chi connectivity index (χ1) is 49.0. The molecule has 4 heterocycles. The summed E-state index contributed by atoms with van der Waals surface area (Å²) in [4.78, 5) is 0. The van der Waals surface area contributed by atoms with Crippen LogP contribution in [0.5, 0.6) is 34.5 Å². The number of unbranched alkanes of at least 4 members (excludes halogenated alkanes) is 42. The maximum absolute atomic E-state index is 6.86. The van der Waals surface area contributed by atoms with Gasteiger partial charge in [0.25, 0.3) is 0 Å². The summed E-state index contributed by atoms with van der Waals surface area (Å²) < 4.78 is 46.5. The van der Waals surface area contributed by atoms with E-state index in [2.05, 4.69) is 59.7 Å². The highest BCUT2D eigenvalue weighted by Crippen LogP contribution is 2.40. The molecule has 3 aromatic carbocycles. The van der Waals surface area contributed by atoms with E-state index in [1.807, 2.05) is 49.6 Å². The molecule has 0 amide bonds. The molecule has 0 N–H and O–H groups in total. The topological polar surface area (TPSA) is 146 Å². The Bertz CT molecular complexity index is 2850. The smallest absolute Gasteiger partial charge is 0.247 e. The summed E-state index contributed by atoms with van der Waals surface area (Å²) >= 11 is 0. The van der Waals surface area contributed by atoms with Crippen LogP contribution in [0.15, 0.2) is 54.6 Å². The lowest BCUT2D eigenvalue weighted by molar-refractivity contribution is 0.297. The zero-order chi connectivity index (χ0) is 69.4. The first kappa shape index (κ1) is 80.2. The average Bonchev–Trinajstić information content (AvgIpc) is 1.56. The van der Waals surface area contributed by atoms with Gasteiger partial charge in [-0.1, -0.05) is 311 Å². The van der Waals surface area contributed by atoms with Gasteiger partial charge in [0.1, 0.15) is 34.5 Å². The Labute approximate surface area is 599 Å². The normalized spacial score (nSPS) is 11.7. The quantitative estimate of drug-likeness (QED) is 0.0334. The number of nitrogens with zero attached hydrogens (tertiary/aromatic N) is 9. The van der Waals surface area contributed by atoms with Crippen molar-refractivity contribution in [2.24, 2.45) is 0 Å². The zero-order valence-corrected chi connectivity index (χ0v) is 63.4. The maximum atomic E-state index is 6.86. The molecule has 0 unspecified atom stereocenters. The molecule has 4 aromatic heterocycles. The van der Waals surface area contributed by atoms with Crippen LogP contribution in [0.3, 0.4) is 0 Å². The molecule has 0 atom stereocenters. The highest BCUT2D eigenvalue weighted by molar-refractivity contribution is 5.77. The van der Waals surface area contributed by atoms with Gasteiger partial charge < -0.3 is 28.4 Å². The monoisotopic (exact) mass is 1370 g/mol. The number of hydrogen-bond donors (Lipinski definition) is 0. The third-order valence-corrected chi connectivity index (χ3v) is 19.7. The number of hydrogen-bond acceptors (Lipinski definition) is 12. The SMILES string of the molecule is CCCCCCCCCCOc1ccc(OCCCCCCCCCC)c(-c2nnc3n2c2nnc(-c4cc(OCCCCCCCCCC)ccc4OCCCCCCCCCC)n2c2nnc(-c4cc(OCCCCCCCCCC)ccc4OCCCCCCCCCC)n32)c1. The molecular weight excluding hydrogens is 1230 g/mol. The van der Waals surface area contributed by atoms with Crippen molar-refractivity contribution in [2.45, 2.75) is 350 Å². The van der Waals surface area contributed by atoms with Gasteiger partial charge in [0.15, 0.2) is 17.5 Å². The van der Waals surface area contributed by atoms with Crippen LogP contribution in [0, 0.1) is 0 Å². The molecule has 552 valence electrons. The molecule has 0 aliphatic carbocycles. The molecule has 15 heteroatoms. The summed E-state index contributed by atoms with van der Waals surface area (Å²) in [6, 6.07) is 18.5. The van der Waals surface area contributed by atoms with Gasteiger partial charge >= 0.3 is 0 Å². The molecule has 15 nitrogen and oxygen atoms in total. The van der Waals surface area contributed by atoms with Gasteiger partial charge in [-0.15, -0.1) is 30.6 Å². The fraction of sp³-hybridized carbons (Fsp3) is 0.714. The predicted molar refractivity (Wildman–Crippen MR) is 411 cm³/mol. The Morgan fingerprint density at radius 2 is 0.394 bits per heavy atom. The van der Waals surface area contributed by atoms with Gasteiger partial charge in [0.2, 0.25) is 17.3 Å². The highest BCUT2D eigenvalue weighted by atomic mass is 16.5. The summed E-state index contributed by atoms with van der Waals surface area (Å²) in [5.74, 6) is 7.30. The summed E-state index contributed by atoms with van der Waals surface area (Å²) in [6.07, 6.45) is 58.5. The Kier molecular flexibility index (Phi) is 40.7. The van der Waals surface area contributed by atoms with E-state index in [1.54, 1.807) is 0 Å². The van der Waals surface area contributed by atoms with Crippen molar-refractivity contribution in [1.29, 1.82) is 0 Å². The van der Waals surface area contributed by atoms with Gasteiger partial charge in [-0.3, -0.25) is 0 Å². The van der Waals surface area contributed by atoms with Gasteiger partial charge in [-0.25, -0.2) is 13.2 Å². The minimum Gasteiger partial charge on any atom is -0.494 e. The molecule has 0 radical (unpaired) electrons. The Morgan fingerprint density at radius 1 is 0.212 bits per heavy atom. The molecule has 0 aliphatic rings.